The second-order valence-corrected chi connectivity index (χ2v) is 8.46. The lowest BCUT2D eigenvalue weighted by Gasteiger charge is -2.21. The van der Waals surface area contributed by atoms with Crippen LogP contribution in [0.4, 0.5) is 10.1 Å². The van der Waals surface area contributed by atoms with Crippen LogP contribution in [0.1, 0.15) is 24.0 Å². The summed E-state index contributed by atoms with van der Waals surface area (Å²) in [6.45, 7) is -0.316. The number of fused-ring (bicyclic) bond motifs is 1. The maximum Gasteiger partial charge on any atom is 0.243 e. The molecular formula is C19H21FN2O3S. The Bertz CT molecular complexity index is 911. The first kappa shape index (κ1) is 18.5. The SMILES string of the molecule is CN(CC(=O)Nc1cccc2c1CCCC2)S(=O)(=O)c1ccc(F)cc1. The van der Waals surface area contributed by atoms with E-state index in [0.29, 0.717) is 0 Å². The van der Waals surface area contributed by atoms with Gasteiger partial charge in [0.25, 0.3) is 0 Å². The summed E-state index contributed by atoms with van der Waals surface area (Å²) in [5.74, 6) is -0.921. The van der Waals surface area contributed by atoms with Gasteiger partial charge >= 0.3 is 0 Å². The second kappa shape index (κ2) is 7.55. The number of likely N-dealkylation sites (N-methyl/N-ethyl adjacent to an activating group) is 1. The number of hydrogen-bond donors (Lipinski definition) is 1. The van der Waals surface area contributed by atoms with Gasteiger partial charge in [-0.1, -0.05) is 12.1 Å². The molecule has 1 amide bonds. The van der Waals surface area contributed by atoms with E-state index >= 15 is 0 Å². The van der Waals surface area contributed by atoms with Crippen molar-refractivity contribution in [3.05, 3.63) is 59.4 Å². The van der Waals surface area contributed by atoms with E-state index in [4.69, 9.17) is 0 Å². The Morgan fingerprint density at radius 2 is 1.81 bits per heavy atom. The molecule has 1 aliphatic rings. The van der Waals surface area contributed by atoms with Gasteiger partial charge in [0.2, 0.25) is 15.9 Å². The van der Waals surface area contributed by atoms with E-state index < -0.39 is 21.7 Å². The third kappa shape index (κ3) is 3.94. The Labute approximate surface area is 152 Å². The molecule has 3 rings (SSSR count). The highest BCUT2D eigenvalue weighted by molar-refractivity contribution is 7.89. The van der Waals surface area contributed by atoms with E-state index in [0.717, 1.165) is 53.4 Å². The molecule has 2 aromatic rings. The zero-order chi connectivity index (χ0) is 18.7. The highest BCUT2D eigenvalue weighted by Crippen LogP contribution is 2.27. The van der Waals surface area contributed by atoms with Crippen molar-refractivity contribution in [1.82, 2.24) is 4.31 Å². The van der Waals surface area contributed by atoms with Crippen molar-refractivity contribution in [3.63, 3.8) is 0 Å². The molecule has 0 unspecified atom stereocenters. The van der Waals surface area contributed by atoms with Gasteiger partial charge in [0.15, 0.2) is 0 Å². The number of nitrogens with zero attached hydrogens (tertiary/aromatic N) is 1. The van der Waals surface area contributed by atoms with Crippen molar-refractivity contribution in [2.45, 2.75) is 30.6 Å². The van der Waals surface area contributed by atoms with E-state index in [1.54, 1.807) is 0 Å². The lowest BCUT2D eigenvalue weighted by Crippen LogP contribution is -2.35. The zero-order valence-electron chi connectivity index (χ0n) is 14.5. The number of aryl methyl sites for hydroxylation is 1. The van der Waals surface area contributed by atoms with E-state index in [1.807, 2.05) is 12.1 Å². The molecule has 0 fully saturated rings. The van der Waals surface area contributed by atoms with Crippen LogP contribution in [-0.2, 0) is 27.7 Å². The number of halogens is 1. The van der Waals surface area contributed by atoms with Crippen molar-refractivity contribution >= 4 is 21.6 Å². The summed E-state index contributed by atoms with van der Waals surface area (Å²) in [6, 6.07) is 10.3. The minimum Gasteiger partial charge on any atom is -0.325 e. The second-order valence-electron chi connectivity index (χ2n) is 6.41. The Kier molecular flexibility index (Phi) is 5.38. The van der Waals surface area contributed by atoms with Gasteiger partial charge in [-0.15, -0.1) is 0 Å². The summed E-state index contributed by atoms with van der Waals surface area (Å²) in [5, 5.41) is 2.83. The van der Waals surface area contributed by atoms with E-state index in [-0.39, 0.29) is 11.4 Å². The number of nitrogens with one attached hydrogen (secondary N) is 1. The smallest absolute Gasteiger partial charge is 0.243 e. The molecule has 7 heteroatoms. The van der Waals surface area contributed by atoms with Crippen LogP contribution < -0.4 is 5.32 Å². The summed E-state index contributed by atoms with van der Waals surface area (Å²) in [5.41, 5.74) is 3.12. The van der Waals surface area contributed by atoms with Gasteiger partial charge in [0, 0.05) is 12.7 Å². The number of carbonyl (C=O) groups is 1. The maximum atomic E-state index is 13.0. The quantitative estimate of drug-likeness (QED) is 0.872. The Hall–Kier alpha value is -2.25. The van der Waals surface area contributed by atoms with Crippen molar-refractivity contribution in [2.75, 3.05) is 18.9 Å². The first-order valence-corrected chi connectivity index (χ1v) is 9.94. The highest BCUT2D eigenvalue weighted by Gasteiger charge is 2.23. The van der Waals surface area contributed by atoms with Gasteiger partial charge in [-0.2, -0.15) is 4.31 Å². The number of anilines is 1. The standard InChI is InChI=1S/C19H21FN2O3S/c1-22(26(24,25)16-11-9-15(20)10-12-16)13-19(23)21-18-8-4-6-14-5-2-3-7-17(14)18/h4,6,8-12H,2-3,5,7,13H2,1H3,(H,21,23). The Morgan fingerprint density at radius 3 is 2.54 bits per heavy atom. The lowest BCUT2D eigenvalue weighted by molar-refractivity contribution is -0.116. The number of hydrogen-bond acceptors (Lipinski definition) is 3. The van der Waals surface area contributed by atoms with Gasteiger partial charge in [0.05, 0.1) is 11.4 Å². The molecule has 0 saturated heterocycles. The first-order valence-electron chi connectivity index (χ1n) is 8.50. The number of carbonyl (C=O) groups excluding carboxylic acids is 1. The summed E-state index contributed by atoms with van der Waals surface area (Å²) >= 11 is 0. The summed E-state index contributed by atoms with van der Waals surface area (Å²) in [7, 11) is -2.52. The lowest BCUT2D eigenvalue weighted by atomic mass is 9.90. The summed E-state index contributed by atoms with van der Waals surface area (Å²) in [4.78, 5) is 12.3. The molecule has 0 saturated carbocycles. The molecule has 0 atom stereocenters. The average molecular weight is 376 g/mol. The van der Waals surface area contributed by atoms with Crippen molar-refractivity contribution < 1.29 is 17.6 Å². The Morgan fingerprint density at radius 1 is 1.12 bits per heavy atom. The largest absolute Gasteiger partial charge is 0.325 e. The number of amides is 1. The number of benzene rings is 2. The van der Waals surface area contributed by atoms with Crippen molar-refractivity contribution in [2.24, 2.45) is 0 Å². The van der Waals surface area contributed by atoms with Crippen LogP contribution in [0.5, 0.6) is 0 Å². The number of sulfonamides is 1. The van der Waals surface area contributed by atoms with Crippen LogP contribution in [0.15, 0.2) is 47.4 Å². The minimum absolute atomic E-state index is 0.0497. The van der Waals surface area contributed by atoms with E-state index in [9.17, 15) is 17.6 Å². The molecule has 1 N–H and O–H groups in total. The molecule has 1 aliphatic carbocycles. The van der Waals surface area contributed by atoms with Crippen LogP contribution >= 0.6 is 0 Å². The summed E-state index contributed by atoms with van der Waals surface area (Å²) in [6.07, 6.45) is 4.13. The van der Waals surface area contributed by atoms with Gasteiger partial charge in [-0.25, -0.2) is 12.8 Å². The van der Waals surface area contributed by atoms with Crippen LogP contribution in [0, 0.1) is 5.82 Å². The van der Waals surface area contributed by atoms with Crippen molar-refractivity contribution in [1.29, 1.82) is 0 Å². The first-order chi connectivity index (χ1) is 12.4. The van der Waals surface area contributed by atoms with Gasteiger partial charge in [-0.3, -0.25) is 4.79 Å². The predicted octanol–water partition coefficient (Wildman–Crippen LogP) is 2.96. The fourth-order valence-corrected chi connectivity index (χ4v) is 4.29. The molecule has 0 aliphatic heterocycles. The van der Waals surface area contributed by atoms with Crippen LogP contribution in [0.25, 0.3) is 0 Å². The molecule has 5 nitrogen and oxygen atoms in total. The maximum absolute atomic E-state index is 13.0. The fourth-order valence-electron chi connectivity index (χ4n) is 3.16. The normalized spacial score (nSPS) is 14.1. The molecule has 0 bridgehead atoms. The molecule has 0 radical (unpaired) electrons. The molecular weight excluding hydrogens is 355 g/mol. The Balaban J connectivity index is 1.71. The van der Waals surface area contributed by atoms with Gasteiger partial charge < -0.3 is 5.32 Å². The molecule has 2 aromatic carbocycles. The average Bonchev–Trinajstić information content (AvgIpc) is 2.62. The third-order valence-corrected chi connectivity index (χ3v) is 6.38. The monoisotopic (exact) mass is 376 g/mol. The molecule has 0 heterocycles. The van der Waals surface area contributed by atoms with Crippen molar-refractivity contribution in [3.8, 4) is 0 Å². The topological polar surface area (TPSA) is 66.5 Å². The van der Waals surface area contributed by atoms with Crippen LogP contribution in [0.2, 0.25) is 0 Å². The number of rotatable bonds is 5. The molecule has 138 valence electrons. The van der Waals surface area contributed by atoms with Crippen LogP contribution in [-0.4, -0.2) is 32.2 Å². The van der Waals surface area contributed by atoms with Gasteiger partial charge in [-0.05, 0) is 67.1 Å². The molecule has 0 aromatic heterocycles. The van der Waals surface area contributed by atoms with Crippen LogP contribution in [0.3, 0.4) is 0 Å². The zero-order valence-corrected chi connectivity index (χ0v) is 15.4. The third-order valence-electron chi connectivity index (χ3n) is 4.56. The molecule has 26 heavy (non-hydrogen) atoms. The fraction of sp³-hybridized carbons (Fsp3) is 0.316. The predicted molar refractivity (Wildman–Crippen MR) is 97.9 cm³/mol. The van der Waals surface area contributed by atoms with E-state index in [2.05, 4.69) is 11.4 Å². The minimum atomic E-state index is -3.85. The highest BCUT2D eigenvalue weighted by atomic mass is 32.2. The summed E-state index contributed by atoms with van der Waals surface area (Å²) < 4.78 is 38.9. The van der Waals surface area contributed by atoms with Gasteiger partial charge in [0.1, 0.15) is 5.82 Å². The van der Waals surface area contributed by atoms with E-state index in [1.165, 1.54) is 24.7 Å². The molecule has 0 spiro atoms.